The monoisotopic (exact) mass is 426 g/mol. The quantitative estimate of drug-likeness (QED) is 0.632. The molecule has 0 aliphatic heterocycles. The Balaban J connectivity index is 1.70. The number of para-hydroxylation sites is 1. The Kier molecular flexibility index (Phi) is 8.18. The molecule has 1 aliphatic carbocycles. The minimum Gasteiger partial charge on any atom is -0.493 e. The molecule has 168 valence electrons. The summed E-state index contributed by atoms with van der Waals surface area (Å²) >= 11 is 0. The predicted octanol–water partition coefficient (Wildman–Crippen LogP) is 4.66. The second-order valence-corrected chi connectivity index (χ2v) is 8.12. The lowest BCUT2D eigenvalue weighted by atomic mass is 9.94. The molecule has 1 fully saturated rings. The van der Waals surface area contributed by atoms with E-state index >= 15 is 0 Å². The average molecular weight is 427 g/mol. The minimum atomic E-state index is -0.0814. The first kappa shape index (κ1) is 22.9. The summed E-state index contributed by atoms with van der Waals surface area (Å²) in [6, 6.07) is 12.3. The Morgan fingerprint density at radius 2 is 1.65 bits per heavy atom. The summed E-state index contributed by atoms with van der Waals surface area (Å²) in [7, 11) is 6.89. The van der Waals surface area contributed by atoms with Crippen LogP contribution in [0.4, 0.5) is 5.69 Å². The van der Waals surface area contributed by atoms with Gasteiger partial charge >= 0.3 is 0 Å². The SMILES string of the molecule is COc1cc(CC(=O)Nc2ccccc2CN(C)C2CCCCC2)cc(OC)c1OC. The van der Waals surface area contributed by atoms with Crippen LogP contribution in [-0.2, 0) is 17.8 Å². The van der Waals surface area contributed by atoms with Crippen molar-refractivity contribution in [3.63, 3.8) is 0 Å². The number of anilines is 1. The molecule has 0 unspecified atom stereocenters. The molecule has 1 N–H and O–H groups in total. The van der Waals surface area contributed by atoms with E-state index in [0.29, 0.717) is 23.3 Å². The van der Waals surface area contributed by atoms with Crippen LogP contribution in [-0.4, -0.2) is 45.2 Å². The first-order valence-corrected chi connectivity index (χ1v) is 10.9. The smallest absolute Gasteiger partial charge is 0.228 e. The summed E-state index contributed by atoms with van der Waals surface area (Å²) in [5.74, 6) is 1.52. The third-order valence-electron chi connectivity index (χ3n) is 6.00. The van der Waals surface area contributed by atoms with Gasteiger partial charge in [0.25, 0.3) is 0 Å². The number of hydrogen-bond acceptors (Lipinski definition) is 5. The summed E-state index contributed by atoms with van der Waals surface area (Å²) in [6.45, 7) is 0.825. The van der Waals surface area contributed by atoms with Gasteiger partial charge in [-0.1, -0.05) is 37.5 Å². The van der Waals surface area contributed by atoms with Gasteiger partial charge in [0.05, 0.1) is 27.8 Å². The van der Waals surface area contributed by atoms with Gasteiger partial charge in [0.1, 0.15) is 0 Å². The molecule has 0 atom stereocenters. The van der Waals surface area contributed by atoms with Crippen LogP contribution in [0.3, 0.4) is 0 Å². The number of carbonyl (C=O) groups excluding carboxylic acids is 1. The van der Waals surface area contributed by atoms with E-state index in [-0.39, 0.29) is 12.3 Å². The number of methoxy groups -OCH3 is 3. The molecule has 1 amide bonds. The number of ether oxygens (including phenoxy) is 3. The Bertz CT molecular complexity index is 853. The maximum atomic E-state index is 12.8. The number of benzene rings is 2. The highest BCUT2D eigenvalue weighted by atomic mass is 16.5. The molecule has 31 heavy (non-hydrogen) atoms. The normalized spacial score (nSPS) is 14.4. The van der Waals surface area contributed by atoms with Crippen LogP contribution in [0.1, 0.15) is 43.2 Å². The molecule has 0 heterocycles. The highest BCUT2D eigenvalue weighted by Gasteiger charge is 2.20. The van der Waals surface area contributed by atoms with Crippen molar-refractivity contribution in [1.82, 2.24) is 4.90 Å². The van der Waals surface area contributed by atoms with Crippen molar-refractivity contribution in [2.75, 3.05) is 33.7 Å². The highest BCUT2D eigenvalue weighted by molar-refractivity contribution is 5.93. The number of nitrogens with zero attached hydrogens (tertiary/aromatic N) is 1. The fourth-order valence-corrected chi connectivity index (χ4v) is 4.32. The first-order valence-electron chi connectivity index (χ1n) is 10.9. The van der Waals surface area contributed by atoms with Crippen molar-refractivity contribution in [2.24, 2.45) is 0 Å². The predicted molar refractivity (Wildman–Crippen MR) is 123 cm³/mol. The average Bonchev–Trinajstić information content (AvgIpc) is 2.80. The summed E-state index contributed by atoms with van der Waals surface area (Å²) in [5, 5.41) is 3.09. The number of amides is 1. The standard InChI is InChI=1S/C25H34N2O4/c1-27(20-11-6-5-7-12-20)17-19-10-8-9-13-21(19)26-24(28)16-18-14-22(29-2)25(31-4)23(15-18)30-3/h8-10,13-15,20H,5-7,11-12,16-17H2,1-4H3,(H,26,28). The lowest BCUT2D eigenvalue weighted by Crippen LogP contribution is -2.33. The van der Waals surface area contributed by atoms with E-state index in [2.05, 4.69) is 23.3 Å². The number of hydrogen-bond donors (Lipinski definition) is 1. The number of rotatable bonds is 9. The van der Waals surface area contributed by atoms with Crippen LogP contribution in [0.5, 0.6) is 17.2 Å². The van der Waals surface area contributed by atoms with Gasteiger partial charge in [-0.25, -0.2) is 0 Å². The molecule has 3 rings (SSSR count). The molecule has 6 nitrogen and oxygen atoms in total. The van der Waals surface area contributed by atoms with Gasteiger partial charge in [0.15, 0.2) is 11.5 Å². The zero-order valence-corrected chi connectivity index (χ0v) is 19.1. The topological polar surface area (TPSA) is 60.0 Å². The molecule has 0 saturated heterocycles. The molecule has 1 aliphatic rings. The molecule has 6 heteroatoms. The molecule has 2 aromatic carbocycles. The van der Waals surface area contributed by atoms with Crippen molar-refractivity contribution < 1.29 is 19.0 Å². The summed E-state index contributed by atoms with van der Waals surface area (Å²) in [4.78, 5) is 15.3. The summed E-state index contributed by atoms with van der Waals surface area (Å²) in [6.07, 6.45) is 6.68. The molecule has 2 aromatic rings. The molecule has 1 saturated carbocycles. The van der Waals surface area contributed by atoms with Crippen molar-refractivity contribution >= 4 is 11.6 Å². The van der Waals surface area contributed by atoms with Gasteiger partial charge in [0.2, 0.25) is 11.7 Å². The van der Waals surface area contributed by atoms with Gasteiger partial charge in [-0.05, 0) is 49.2 Å². The summed E-state index contributed by atoms with van der Waals surface area (Å²) in [5.41, 5.74) is 2.79. The third kappa shape index (κ3) is 5.91. The van der Waals surface area contributed by atoms with Crippen LogP contribution in [0.2, 0.25) is 0 Å². The van der Waals surface area contributed by atoms with Crippen molar-refractivity contribution in [1.29, 1.82) is 0 Å². The van der Waals surface area contributed by atoms with Crippen LogP contribution < -0.4 is 19.5 Å². The van der Waals surface area contributed by atoms with E-state index in [9.17, 15) is 4.79 Å². The number of nitrogens with one attached hydrogen (secondary N) is 1. The molecule has 0 aromatic heterocycles. The van der Waals surface area contributed by atoms with Crippen molar-refractivity contribution in [3.05, 3.63) is 47.5 Å². The zero-order valence-electron chi connectivity index (χ0n) is 19.1. The van der Waals surface area contributed by atoms with Crippen LogP contribution in [0, 0.1) is 0 Å². The second kappa shape index (κ2) is 11.0. The lowest BCUT2D eigenvalue weighted by molar-refractivity contribution is -0.115. The van der Waals surface area contributed by atoms with Crippen molar-refractivity contribution in [3.8, 4) is 17.2 Å². The van der Waals surface area contributed by atoms with Crippen LogP contribution >= 0.6 is 0 Å². The third-order valence-corrected chi connectivity index (χ3v) is 6.00. The van der Waals surface area contributed by atoms with E-state index in [1.54, 1.807) is 21.3 Å². The molecule has 0 bridgehead atoms. The maximum absolute atomic E-state index is 12.8. The summed E-state index contributed by atoms with van der Waals surface area (Å²) < 4.78 is 16.2. The van der Waals surface area contributed by atoms with Crippen molar-refractivity contribution in [2.45, 2.75) is 51.1 Å². The van der Waals surface area contributed by atoms with Gasteiger partial charge in [-0.3, -0.25) is 9.69 Å². The largest absolute Gasteiger partial charge is 0.493 e. The first-order chi connectivity index (χ1) is 15.0. The molecular weight excluding hydrogens is 392 g/mol. The van der Waals surface area contributed by atoms with Crippen LogP contribution in [0.25, 0.3) is 0 Å². The van der Waals surface area contributed by atoms with Gasteiger partial charge in [0, 0.05) is 18.3 Å². The maximum Gasteiger partial charge on any atom is 0.228 e. The zero-order chi connectivity index (χ0) is 22.2. The lowest BCUT2D eigenvalue weighted by Gasteiger charge is -2.31. The molecule has 0 radical (unpaired) electrons. The minimum absolute atomic E-state index is 0.0814. The number of carbonyl (C=O) groups is 1. The fourth-order valence-electron chi connectivity index (χ4n) is 4.32. The molecule has 0 spiro atoms. The van der Waals surface area contributed by atoms with Crippen LogP contribution in [0.15, 0.2) is 36.4 Å². The second-order valence-electron chi connectivity index (χ2n) is 8.12. The van der Waals surface area contributed by atoms with Gasteiger partial charge in [-0.15, -0.1) is 0 Å². The Labute approximate surface area is 185 Å². The Hall–Kier alpha value is -2.73. The highest BCUT2D eigenvalue weighted by Crippen LogP contribution is 2.38. The van der Waals surface area contributed by atoms with E-state index < -0.39 is 0 Å². The van der Waals surface area contributed by atoms with E-state index in [4.69, 9.17) is 14.2 Å². The van der Waals surface area contributed by atoms with E-state index in [1.165, 1.54) is 32.1 Å². The molecular formula is C25H34N2O4. The Morgan fingerprint density at radius 3 is 2.26 bits per heavy atom. The van der Waals surface area contributed by atoms with Gasteiger partial charge < -0.3 is 19.5 Å². The van der Waals surface area contributed by atoms with E-state index in [0.717, 1.165) is 23.4 Å². The fraction of sp³-hybridized carbons (Fsp3) is 0.480. The Morgan fingerprint density at radius 1 is 1.00 bits per heavy atom. The van der Waals surface area contributed by atoms with E-state index in [1.807, 2.05) is 30.3 Å². The van der Waals surface area contributed by atoms with Gasteiger partial charge in [-0.2, -0.15) is 0 Å².